The van der Waals surface area contributed by atoms with Crippen molar-refractivity contribution in [3.63, 3.8) is 0 Å². The third kappa shape index (κ3) is 5.99. The fourth-order valence-corrected chi connectivity index (χ4v) is 3.89. The number of aryl methyl sites for hydroxylation is 1. The van der Waals surface area contributed by atoms with Gasteiger partial charge in [0.15, 0.2) is 5.78 Å². The van der Waals surface area contributed by atoms with E-state index in [0.29, 0.717) is 15.5 Å². The number of thioether (sulfide) groups is 1. The maximum absolute atomic E-state index is 13.2. The highest BCUT2D eigenvalue weighted by molar-refractivity contribution is 8.03. The van der Waals surface area contributed by atoms with E-state index in [1.807, 2.05) is 32.3 Å². The molecule has 3 aromatic rings. The second-order valence-corrected chi connectivity index (χ2v) is 8.56. The normalized spacial score (nSPS) is 11.4. The molecule has 0 heterocycles. The van der Waals surface area contributed by atoms with E-state index in [-0.39, 0.29) is 5.78 Å². The molecule has 4 heteroatoms. The predicted molar refractivity (Wildman–Crippen MR) is 127 cm³/mol. The summed E-state index contributed by atoms with van der Waals surface area (Å²) in [6, 6.07) is 23.7. The molecule has 0 spiro atoms. The monoisotopic (exact) mass is 421 g/mol. The molecule has 0 fully saturated rings. The van der Waals surface area contributed by atoms with Crippen molar-refractivity contribution in [2.24, 2.45) is 0 Å². The SMILES string of the molecule is Cc1ccc(CSC(=Cc2ccc(N(C)C)cc2)C(=O)c2ccc(Cl)cc2)cc1. The van der Waals surface area contributed by atoms with Crippen molar-refractivity contribution in [1.29, 1.82) is 0 Å². The highest BCUT2D eigenvalue weighted by Crippen LogP contribution is 2.28. The zero-order valence-corrected chi connectivity index (χ0v) is 18.4. The van der Waals surface area contributed by atoms with Crippen molar-refractivity contribution >= 4 is 40.9 Å². The van der Waals surface area contributed by atoms with Crippen LogP contribution in [0.2, 0.25) is 5.02 Å². The number of hydrogen-bond acceptors (Lipinski definition) is 3. The Hall–Kier alpha value is -2.49. The van der Waals surface area contributed by atoms with Crippen LogP contribution in [0.4, 0.5) is 5.69 Å². The zero-order valence-electron chi connectivity index (χ0n) is 16.9. The Balaban J connectivity index is 1.88. The molecule has 0 aliphatic heterocycles. The number of hydrogen-bond donors (Lipinski definition) is 0. The summed E-state index contributed by atoms with van der Waals surface area (Å²) in [4.78, 5) is 15.9. The lowest BCUT2D eigenvalue weighted by Crippen LogP contribution is -2.08. The fourth-order valence-electron chi connectivity index (χ4n) is 2.78. The molecule has 3 aromatic carbocycles. The average Bonchev–Trinajstić information content (AvgIpc) is 2.72. The van der Waals surface area contributed by atoms with Gasteiger partial charge in [-0.15, -0.1) is 11.8 Å². The lowest BCUT2D eigenvalue weighted by atomic mass is 10.1. The molecular weight excluding hydrogens is 398 g/mol. The predicted octanol–water partition coefficient (Wildman–Crippen LogP) is 6.87. The summed E-state index contributed by atoms with van der Waals surface area (Å²) < 4.78 is 0. The summed E-state index contributed by atoms with van der Waals surface area (Å²) in [5.74, 6) is 0.747. The minimum absolute atomic E-state index is 0.00969. The summed E-state index contributed by atoms with van der Waals surface area (Å²) in [5.41, 5.74) is 5.19. The number of ketones is 1. The molecule has 0 aliphatic carbocycles. The van der Waals surface area contributed by atoms with Crippen LogP contribution in [0, 0.1) is 6.92 Å². The second-order valence-electron chi connectivity index (χ2n) is 7.10. The van der Waals surface area contributed by atoms with Gasteiger partial charge in [0.1, 0.15) is 0 Å². The Morgan fingerprint density at radius 2 is 1.55 bits per heavy atom. The van der Waals surface area contributed by atoms with Crippen LogP contribution in [0.3, 0.4) is 0 Å². The molecule has 0 N–H and O–H groups in total. The number of allylic oxidation sites excluding steroid dienone is 1. The number of carbonyl (C=O) groups excluding carboxylic acids is 1. The lowest BCUT2D eigenvalue weighted by Gasteiger charge is -2.12. The third-order valence-corrected chi connectivity index (χ3v) is 5.90. The summed E-state index contributed by atoms with van der Waals surface area (Å²) >= 11 is 7.55. The number of anilines is 1. The minimum Gasteiger partial charge on any atom is -0.378 e. The van der Waals surface area contributed by atoms with E-state index in [1.54, 1.807) is 36.0 Å². The molecule has 0 radical (unpaired) electrons. The summed E-state index contributed by atoms with van der Waals surface area (Å²) in [6.45, 7) is 2.07. The van der Waals surface area contributed by atoms with Gasteiger partial charge in [0.25, 0.3) is 0 Å². The summed E-state index contributed by atoms with van der Waals surface area (Å²) in [6.07, 6.45) is 1.97. The summed E-state index contributed by atoms with van der Waals surface area (Å²) in [7, 11) is 4.02. The number of nitrogens with zero attached hydrogens (tertiary/aromatic N) is 1. The topological polar surface area (TPSA) is 20.3 Å². The Morgan fingerprint density at radius 3 is 2.14 bits per heavy atom. The molecule has 0 atom stereocenters. The van der Waals surface area contributed by atoms with Crippen molar-refractivity contribution < 1.29 is 4.79 Å². The first-order valence-electron chi connectivity index (χ1n) is 9.40. The minimum atomic E-state index is 0.00969. The number of Topliss-reactive ketones (excluding diaryl/α,β-unsaturated/α-hetero) is 1. The maximum Gasteiger partial charge on any atom is 0.199 e. The van der Waals surface area contributed by atoms with Gasteiger partial charge in [0.05, 0.1) is 4.91 Å². The molecule has 0 aliphatic rings. The van der Waals surface area contributed by atoms with Crippen molar-refractivity contribution in [3.8, 4) is 0 Å². The number of rotatable bonds is 7. The van der Waals surface area contributed by atoms with E-state index in [1.165, 1.54) is 11.1 Å². The van der Waals surface area contributed by atoms with Crippen LogP contribution >= 0.6 is 23.4 Å². The largest absolute Gasteiger partial charge is 0.378 e. The third-order valence-electron chi connectivity index (χ3n) is 4.55. The standard InChI is InChI=1S/C25H24ClNOS/c1-18-4-6-20(7-5-18)17-29-24(25(28)21-10-12-22(26)13-11-21)16-19-8-14-23(15-9-19)27(2)3/h4-16H,17H2,1-3H3. The highest BCUT2D eigenvalue weighted by Gasteiger charge is 2.14. The molecule has 0 saturated heterocycles. The van der Waals surface area contributed by atoms with Gasteiger partial charge in [0, 0.05) is 36.1 Å². The van der Waals surface area contributed by atoms with Crippen LogP contribution in [0.25, 0.3) is 6.08 Å². The Bertz CT molecular complexity index is 991. The van der Waals surface area contributed by atoms with Gasteiger partial charge in [-0.25, -0.2) is 0 Å². The van der Waals surface area contributed by atoms with Gasteiger partial charge in [-0.1, -0.05) is 53.6 Å². The van der Waals surface area contributed by atoms with Crippen molar-refractivity contribution in [1.82, 2.24) is 0 Å². The van der Waals surface area contributed by atoms with Crippen LogP contribution in [0.5, 0.6) is 0 Å². The van der Waals surface area contributed by atoms with Crippen molar-refractivity contribution in [2.75, 3.05) is 19.0 Å². The van der Waals surface area contributed by atoms with Gasteiger partial charge in [0.2, 0.25) is 0 Å². The first-order chi connectivity index (χ1) is 13.9. The first kappa shape index (κ1) is 21.2. The zero-order chi connectivity index (χ0) is 20.8. The van der Waals surface area contributed by atoms with Gasteiger partial charge in [-0.3, -0.25) is 4.79 Å². The Labute approximate surface area is 182 Å². The quantitative estimate of drug-likeness (QED) is 0.306. The van der Waals surface area contributed by atoms with Gasteiger partial charge in [-0.2, -0.15) is 0 Å². The van der Waals surface area contributed by atoms with E-state index < -0.39 is 0 Å². The first-order valence-corrected chi connectivity index (χ1v) is 10.8. The summed E-state index contributed by atoms with van der Waals surface area (Å²) in [5, 5.41) is 0.624. The van der Waals surface area contributed by atoms with E-state index in [9.17, 15) is 4.79 Å². The Morgan fingerprint density at radius 1 is 0.931 bits per heavy atom. The molecule has 0 amide bonds. The number of carbonyl (C=O) groups is 1. The maximum atomic E-state index is 13.2. The number of benzene rings is 3. The molecule has 0 bridgehead atoms. The van der Waals surface area contributed by atoms with Crippen LogP contribution < -0.4 is 4.90 Å². The number of halogens is 1. The van der Waals surface area contributed by atoms with Crippen molar-refractivity contribution in [3.05, 3.63) is 105 Å². The molecule has 0 unspecified atom stereocenters. The van der Waals surface area contributed by atoms with E-state index >= 15 is 0 Å². The molecular formula is C25H24ClNOS. The Kier molecular flexibility index (Phi) is 7.18. The lowest BCUT2D eigenvalue weighted by molar-refractivity contribution is 0.104. The fraction of sp³-hybridized carbons (Fsp3) is 0.160. The van der Waals surface area contributed by atoms with Gasteiger partial charge < -0.3 is 4.90 Å². The molecule has 0 saturated carbocycles. The molecule has 148 valence electrons. The molecule has 3 rings (SSSR count). The molecule has 2 nitrogen and oxygen atoms in total. The van der Waals surface area contributed by atoms with E-state index in [4.69, 9.17) is 11.6 Å². The molecule has 0 aromatic heterocycles. The van der Waals surface area contributed by atoms with E-state index in [0.717, 1.165) is 17.0 Å². The second kappa shape index (κ2) is 9.82. The smallest absolute Gasteiger partial charge is 0.199 e. The van der Waals surface area contributed by atoms with Gasteiger partial charge >= 0.3 is 0 Å². The highest BCUT2D eigenvalue weighted by atomic mass is 35.5. The van der Waals surface area contributed by atoms with Crippen LogP contribution in [-0.2, 0) is 5.75 Å². The van der Waals surface area contributed by atoms with Crippen molar-refractivity contribution in [2.45, 2.75) is 12.7 Å². The van der Waals surface area contributed by atoms with Crippen LogP contribution in [0.15, 0.2) is 77.7 Å². The average molecular weight is 422 g/mol. The van der Waals surface area contributed by atoms with Gasteiger partial charge in [-0.05, 0) is 60.5 Å². The van der Waals surface area contributed by atoms with Crippen LogP contribution in [-0.4, -0.2) is 19.9 Å². The van der Waals surface area contributed by atoms with Crippen LogP contribution in [0.1, 0.15) is 27.0 Å². The molecule has 29 heavy (non-hydrogen) atoms. The van der Waals surface area contributed by atoms with E-state index in [2.05, 4.69) is 48.2 Å².